The Labute approximate surface area is 89.3 Å². The molecule has 44 valence electrons. The van der Waals surface area contributed by atoms with Gasteiger partial charge in [-0.1, -0.05) is 6.92 Å². The number of hydrogen-bond donors (Lipinski definition) is 0. The van der Waals surface area contributed by atoms with Crippen LogP contribution in [0.25, 0.3) is 0 Å². The van der Waals surface area contributed by atoms with E-state index in [1.165, 1.54) is 6.92 Å². The van der Waals surface area contributed by atoms with Crippen molar-refractivity contribution in [2.24, 2.45) is 0 Å². The Bertz CT molecular complexity index is 49.7. The Kier molecular flexibility index (Phi) is 7.93. The van der Waals surface area contributed by atoms with Crippen molar-refractivity contribution in [3.8, 4) is 0 Å². The Morgan fingerprint density at radius 1 is 1.38 bits per heavy atom. The van der Waals surface area contributed by atoms with Crippen LogP contribution in [0.4, 0.5) is 13.2 Å². The van der Waals surface area contributed by atoms with Crippen LogP contribution in [0.1, 0.15) is 13.3 Å². The molecule has 0 fully saturated rings. The molecule has 0 aliphatic carbocycles. The monoisotopic (exact) mass is 150 g/mol. The second-order valence-corrected chi connectivity index (χ2v) is 1.15. The quantitative estimate of drug-likeness (QED) is 0.338. The molecule has 0 rings (SSSR count). The van der Waals surface area contributed by atoms with E-state index in [0.29, 0.717) is 6.42 Å². The van der Waals surface area contributed by atoms with Crippen LogP contribution < -0.4 is 51.4 Å². The van der Waals surface area contributed by atoms with Crippen LogP contribution in [0, 0.1) is 6.42 Å². The maximum Gasteiger partial charge on any atom is 1.00 e. The predicted octanol–water partition coefficient (Wildman–Crippen LogP) is -0.833. The van der Waals surface area contributed by atoms with E-state index in [-0.39, 0.29) is 57.8 Å². The van der Waals surface area contributed by atoms with E-state index in [9.17, 15) is 13.2 Å². The Hall–Kier alpha value is 1.43. The molecule has 0 heterocycles. The second kappa shape index (κ2) is 5.23. The summed E-state index contributed by atoms with van der Waals surface area (Å²) in [6.45, 7) is 1.45. The first-order valence-electron chi connectivity index (χ1n) is 1.97. The third kappa shape index (κ3) is 10.4. The molecule has 0 aliphatic heterocycles. The molecule has 0 aliphatic rings. The van der Waals surface area contributed by atoms with Gasteiger partial charge in [0.15, 0.2) is 0 Å². The number of halogens is 3. The molecular formula is C4H6F3K. The summed E-state index contributed by atoms with van der Waals surface area (Å²) in [5.74, 6) is 0. The third-order valence-corrected chi connectivity index (χ3v) is 0.436. The first-order valence-corrected chi connectivity index (χ1v) is 1.97. The Morgan fingerprint density at radius 2 is 1.75 bits per heavy atom. The Morgan fingerprint density at radius 3 is 1.75 bits per heavy atom. The molecule has 4 heteroatoms. The zero-order valence-electron chi connectivity index (χ0n) is 4.92. The fourth-order valence-electron chi connectivity index (χ4n) is 0.231. The van der Waals surface area contributed by atoms with Crippen LogP contribution in [0.5, 0.6) is 0 Å². The molecule has 0 spiro atoms. The van der Waals surface area contributed by atoms with Crippen LogP contribution in [-0.2, 0) is 0 Å². The third-order valence-electron chi connectivity index (χ3n) is 0.436. The summed E-state index contributed by atoms with van der Waals surface area (Å²) in [7, 11) is 0. The largest absolute Gasteiger partial charge is 1.00 e. The average molecular weight is 150 g/mol. The van der Waals surface area contributed by atoms with Crippen molar-refractivity contribution in [2.75, 3.05) is 0 Å². The Balaban J connectivity index is 0. The number of rotatable bonds is 1. The minimum absolute atomic E-state index is 0. The van der Waals surface area contributed by atoms with Crippen molar-refractivity contribution in [2.45, 2.75) is 19.5 Å². The molecule has 0 aromatic rings. The van der Waals surface area contributed by atoms with Crippen molar-refractivity contribution < 1.29 is 64.6 Å². The van der Waals surface area contributed by atoms with Gasteiger partial charge in [0.1, 0.15) is 0 Å². The fraction of sp³-hybridized carbons (Fsp3) is 0.750. The van der Waals surface area contributed by atoms with Crippen molar-refractivity contribution in [1.29, 1.82) is 0 Å². The maximum absolute atomic E-state index is 11.0. The predicted molar refractivity (Wildman–Crippen MR) is 20.6 cm³/mol. The van der Waals surface area contributed by atoms with E-state index in [0.717, 1.165) is 0 Å². The van der Waals surface area contributed by atoms with E-state index in [4.69, 9.17) is 0 Å². The fourth-order valence-corrected chi connectivity index (χ4v) is 0.231. The SMILES string of the molecule is CC[CH-]C(F)(F)F.[K+]. The molecule has 0 saturated heterocycles. The van der Waals surface area contributed by atoms with Gasteiger partial charge in [0.25, 0.3) is 6.18 Å². The average Bonchev–Trinajstić information content (AvgIpc) is 1.30. The van der Waals surface area contributed by atoms with Gasteiger partial charge in [-0.15, -0.1) is 0 Å². The van der Waals surface area contributed by atoms with Crippen molar-refractivity contribution in [3.05, 3.63) is 6.42 Å². The molecule has 8 heavy (non-hydrogen) atoms. The van der Waals surface area contributed by atoms with Crippen molar-refractivity contribution in [1.82, 2.24) is 0 Å². The number of alkyl halides is 3. The second-order valence-electron chi connectivity index (χ2n) is 1.15. The molecular weight excluding hydrogens is 144 g/mol. The molecule has 0 nitrogen and oxygen atoms in total. The standard InChI is InChI=1S/C4H6F3.K/c1-2-3-4(5,6)7;/h3H,2H2,1H3;/q-1;+1. The molecule has 0 atom stereocenters. The molecule has 0 saturated carbocycles. The van der Waals surface area contributed by atoms with Crippen LogP contribution in [-0.4, -0.2) is 6.18 Å². The van der Waals surface area contributed by atoms with E-state index < -0.39 is 6.18 Å². The topological polar surface area (TPSA) is 0 Å². The van der Waals surface area contributed by atoms with Crippen LogP contribution in [0.3, 0.4) is 0 Å². The van der Waals surface area contributed by atoms with E-state index in [2.05, 4.69) is 0 Å². The zero-order valence-corrected chi connectivity index (χ0v) is 8.04. The summed E-state index contributed by atoms with van der Waals surface area (Å²) in [5, 5.41) is 0. The first-order chi connectivity index (χ1) is 3.06. The molecule has 0 aromatic heterocycles. The van der Waals surface area contributed by atoms with Crippen LogP contribution in [0.2, 0.25) is 0 Å². The zero-order chi connectivity index (χ0) is 5.91. The molecule has 0 unspecified atom stereocenters. The van der Waals surface area contributed by atoms with Gasteiger partial charge < -0.3 is 0 Å². The molecule has 0 radical (unpaired) electrons. The van der Waals surface area contributed by atoms with E-state index >= 15 is 0 Å². The van der Waals surface area contributed by atoms with Gasteiger partial charge in [-0.2, -0.15) is 6.42 Å². The van der Waals surface area contributed by atoms with Gasteiger partial charge in [0.05, 0.1) is 0 Å². The van der Waals surface area contributed by atoms with Crippen LogP contribution >= 0.6 is 0 Å². The van der Waals surface area contributed by atoms with Gasteiger partial charge in [-0.05, 0) is 0 Å². The molecule has 0 N–H and O–H groups in total. The van der Waals surface area contributed by atoms with Gasteiger partial charge >= 0.3 is 51.4 Å². The van der Waals surface area contributed by atoms with E-state index in [1.807, 2.05) is 0 Å². The first kappa shape index (κ1) is 12.1. The number of hydrogen-bond acceptors (Lipinski definition) is 0. The molecule has 0 aromatic carbocycles. The molecule has 0 bridgehead atoms. The minimum Gasteiger partial charge on any atom is -0.227 e. The van der Waals surface area contributed by atoms with Gasteiger partial charge in [0, 0.05) is 0 Å². The minimum atomic E-state index is -4.07. The summed E-state index contributed by atoms with van der Waals surface area (Å²) < 4.78 is 33.0. The molecule has 0 amide bonds. The van der Waals surface area contributed by atoms with Gasteiger partial charge in [0.2, 0.25) is 0 Å². The summed E-state index contributed by atoms with van der Waals surface area (Å²) in [4.78, 5) is 0. The van der Waals surface area contributed by atoms with Gasteiger partial charge in [-0.25, -0.2) is 19.6 Å². The smallest absolute Gasteiger partial charge is 0.227 e. The van der Waals surface area contributed by atoms with Crippen LogP contribution in [0.15, 0.2) is 0 Å². The summed E-state index contributed by atoms with van der Waals surface area (Å²) in [6.07, 6.45) is -3.70. The maximum atomic E-state index is 11.0. The summed E-state index contributed by atoms with van der Waals surface area (Å²) >= 11 is 0. The normalized spacial score (nSPS) is 10.5. The van der Waals surface area contributed by atoms with Crippen molar-refractivity contribution >= 4 is 0 Å². The summed E-state index contributed by atoms with van der Waals surface area (Å²) in [6, 6.07) is 0. The van der Waals surface area contributed by atoms with Crippen molar-refractivity contribution in [3.63, 3.8) is 0 Å². The van der Waals surface area contributed by atoms with E-state index in [1.54, 1.807) is 0 Å². The van der Waals surface area contributed by atoms with Gasteiger partial charge in [-0.3, -0.25) is 0 Å². The summed E-state index contributed by atoms with van der Waals surface area (Å²) in [5.41, 5.74) is 0.